The third-order valence-electron chi connectivity index (χ3n) is 6.35. The van der Waals surface area contributed by atoms with E-state index in [0.29, 0.717) is 17.0 Å². The Morgan fingerprint density at radius 2 is 1.97 bits per heavy atom. The van der Waals surface area contributed by atoms with Gasteiger partial charge in [-0.05, 0) is 43.7 Å². The van der Waals surface area contributed by atoms with Crippen LogP contribution in [0.25, 0.3) is 10.9 Å². The van der Waals surface area contributed by atoms with Crippen LogP contribution in [0.4, 0.5) is 15.9 Å². The topological polar surface area (TPSA) is 70.5 Å². The zero-order chi connectivity index (χ0) is 22.2. The number of halogens is 1. The van der Waals surface area contributed by atoms with Crippen LogP contribution in [-0.2, 0) is 0 Å². The lowest BCUT2D eigenvalue weighted by Gasteiger charge is -2.35. The summed E-state index contributed by atoms with van der Waals surface area (Å²) in [6.45, 7) is 6.37. The second-order valence-electron chi connectivity index (χ2n) is 8.42. The first-order valence-electron chi connectivity index (χ1n) is 11.1. The van der Waals surface area contributed by atoms with E-state index in [9.17, 15) is 9.59 Å². The summed E-state index contributed by atoms with van der Waals surface area (Å²) in [5, 5.41) is 2.90. The molecule has 1 amide bonds. The Kier molecular flexibility index (Phi) is 5.38. The standard InChI is InChI=1S/C24H26FN5O2/c1-2-28-9-11-29(12-10-28)21-14-20-17(13-19(21)25)23(31)18(15-30(20)16-6-7-16)24(32)27-22-5-3-4-8-26-22/h3-5,8,13-16H,2,6-7,9-12H2,1H3,(H,26,27,32). The summed E-state index contributed by atoms with van der Waals surface area (Å²) in [6, 6.07) is 8.46. The second-order valence-corrected chi connectivity index (χ2v) is 8.42. The van der Waals surface area contributed by atoms with Crippen molar-refractivity contribution in [2.75, 3.05) is 42.9 Å². The van der Waals surface area contributed by atoms with Gasteiger partial charge in [0.05, 0.1) is 11.2 Å². The molecule has 3 aromatic rings. The van der Waals surface area contributed by atoms with Gasteiger partial charge in [-0.1, -0.05) is 13.0 Å². The third-order valence-corrected chi connectivity index (χ3v) is 6.35. The number of rotatable bonds is 5. The van der Waals surface area contributed by atoms with Gasteiger partial charge >= 0.3 is 0 Å². The largest absolute Gasteiger partial charge is 0.367 e. The maximum atomic E-state index is 15.2. The summed E-state index contributed by atoms with van der Waals surface area (Å²) in [6.07, 6.45) is 5.13. The van der Waals surface area contributed by atoms with Gasteiger partial charge in [-0.3, -0.25) is 9.59 Å². The van der Waals surface area contributed by atoms with E-state index in [1.54, 1.807) is 36.7 Å². The van der Waals surface area contributed by atoms with Gasteiger partial charge in [-0.15, -0.1) is 0 Å². The van der Waals surface area contributed by atoms with Crippen molar-refractivity contribution in [1.82, 2.24) is 14.5 Å². The molecule has 0 spiro atoms. The number of aromatic nitrogens is 2. The number of benzene rings is 1. The number of hydrogen-bond acceptors (Lipinski definition) is 5. The van der Waals surface area contributed by atoms with Crippen LogP contribution < -0.4 is 15.6 Å². The molecule has 32 heavy (non-hydrogen) atoms. The molecular formula is C24H26FN5O2. The van der Waals surface area contributed by atoms with Gasteiger partial charge < -0.3 is 19.7 Å². The van der Waals surface area contributed by atoms with E-state index in [-0.39, 0.29) is 17.0 Å². The molecule has 0 atom stereocenters. The molecule has 1 aliphatic heterocycles. The summed E-state index contributed by atoms with van der Waals surface area (Å²) in [7, 11) is 0. The zero-order valence-electron chi connectivity index (χ0n) is 18.1. The lowest BCUT2D eigenvalue weighted by atomic mass is 10.1. The fourth-order valence-electron chi connectivity index (χ4n) is 4.34. The Hall–Kier alpha value is -3.26. The Morgan fingerprint density at radius 3 is 2.62 bits per heavy atom. The molecule has 1 saturated carbocycles. The van der Waals surface area contributed by atoms with Crippen LogP contribution in [0.15, 0.2) is 47.5 Å². The Morgan fingerprint density at radius 1 is 1.19 bits per heavy atom. The molecule has 8 heteroatoms. The number of carbonyl (C=O) groups excluding carboxylic acids is 1. The number of likely N-dealkylation sites (N-methyl/N-ethyl adjacent to an activating group) is 1. The number of hydrogen-bond donors (Lipinski definition) is 1. The highest BCUT2D eigenvalue weighted by molar-refractivity contribution is 6.05. The summed E-state index contributed by atoms with van der Waals surface area (Å²) in [5.41, 5.74) is 0.735. The maximum Gasteiger partial charge on any atom is 0.262 e. The summed E-state index contributed by atoms with van der Waals surface area (Å²) >= 11 is 0. The van der Waals surface area contributed by atoms with E-state index in [1.165, 1.54) is 6.07 Å². The van der Waals surface area contributed by atoms with Crippen molar-refractivity contribution in [1.29, 1.82) is 0 Å². The summed E-state index contributed by atoms with van der Waals surface area (Å²) in [4.78, 5) is 34.5. The van der Waals surface area contributed by atoms with Gasteiger partial charge in [-0.25, -0.2) is 9.37 Å². The first-order chi connectivity index (χ1) is 15.5. The predicted molar refractivity (Wildman–Crippen MR) is 123 cm³/mol. The van der Waals surface area contributed by atoms with Gasteiger partial charge in [0.25, 0.3) is 5.91 Å². The number of fused-ring (bicyclic) bond motifs is 1. The van der Waals surface area contributed by atoms with Crippen LogP contribution in [0, 0.1) is 5.82 Å². The number of anilines is 2. The van der Waals surface area contributed by atoms with Gasteiger partial charge in [-0.2, -0.15) is 0 Å². The molecule has 2 aromatic heterocycles. The molecule has 1 aliphatic carbocycles. The Balaban J connectivity index is 1.55. The molecule has 1 saturated heterocycles. The van der Waals surface area contributed by atoms with Gasteiger partial charge in [0.15, 0.2) is 0 Å². The van der Waals surface area contributed by atoms with Gasteiger partial charge in [0.1, 0.15) is 17.2 Å². The number of amides is 1. The molecule has 5 rings (SSSR count). The molecular weight excluding hydrogens is 409 g/mol. The first kappa shape index (κ1) is 20.6. The zero-order valence-corrected chi connectivity index (χ0v) is 18.1. The molecule has 3 heterocycles. The fraction of sp³-hybridized carbons (Fsp3) is 0.375. The Bertz CT molecular complexity index is 1210. The SMILES string of the molecule is CCN1CCN(c2cc3c(cc2F)c(=O)c(C(=O)Nc2ccccn2)cn3C2CC2)CC1. The normalized spacial score (nSPS) is 17.0. The minimum Gasteiger partial charge on any atom is -0.367 e. The highest BCUT2D eigenvalue weighted by Gasteiger charge is 2.28. The van der Waals surface area contributed by atoms with E-state index in [1.807, 2.05) is 9.47 Å². The average Bonchev–Trinajstić information content (AvgIpc) is 3.65. The molecule has 0 unspecified atom stereocenters. The van der Waals surface area contributed by atoms with E-state index in [0.717, 1.165) is 45.6 Å². The highest BCUT2D eigenvalue weighted by atomic mass is 19.1. The third kappa shape index (κ3) is 3.86. The molecule has 2 aliphatic rings. The van der Waals surface area contributed by atoms with E-state index >= 15 is 4.39 Å². The van der Waals surface area contributed by atoms with Crippen LogP contribution in [0.5, 0.6) is 0 Å². The number of nitrogens with one attached hydrogen (secondary N) is 1. The van der Waals surface area contributed by atoms with Crippen molar-refractivity contribution in [3.8, 4) is 0 Å². The highest BCUT2D eigenvalue weighted by Crippen LogP contribution is 2.38. The predicted octanol–water partition coefficient (Wildman–Crippen LogP) is 3.26. The van der Waals surface area contributed by atoms with Crippen molar-refractivity contribution in [3.05, 3.63) is 64.3 Å². The first-order valence-corrected chi connectivity index (χ1v) is 11.1. The maximum absolute atomic E-state index is 15.2. The molecule has 0 radical (unpaired) electrons. The fourth-order valence-corrected chi connectivity index (χ4v) is 4.34. The number of nitrogens with zero attached hydrogens (tertiary/aromatic N) is 4. The quantitative estimate of drug-likeness (QED) is 0.666. The molecule has 0 bridgehead atoms. The Labute approximate surface area is 185 Å². The molecule has 1 N–H and O–H groups in total. The van der Waals surface area contributed by atoms with Crippen molar-refractivity contribution < 1.29 is 9.18 Å². The van der Waals surface area contributed by atoms with Crippen LogP contribution in [0.3, 0.4) is 0 Å². The van der Waals surface area contributed by atoms with E-state index in [2.05, 4.69) is 22.1 Å². The van der Waals surface area contributed by atoms with Crippen molar-refractivity contribution in [3.63, 3.8) is 0 Å². The van der Waals surface area contributed by atoms with Crippen LogP contribution in [0.1, 0.15) is 36.2 Å². The van der Waals surface area contributed by atoms with E-state index < -0.39 is 17.2 Å². The van der Waals surface area contributed by atoms with Gasteiger partial charge in [0.2, 0.25) is 5.43 Å². The number of carbonyl (C=O) groups is 1. The number of pyridine rings is 2. The molecule has 2 fully saturated rings. The minimum atomic E-state index is -0.537. The lowest BCUT2D eigenvalue weighted by Crippen LogP contribution is -2.46. The lowest BCUT2D eigenvalue weighted by molar-refractivity contribution is 0.102. The summed E-state index contributed by atoms with van der Waals surface area (Å²) in [5.74, 6) is -0.600. The smallest absolute Gasteiger partial charge is 0.262 e. The van der Waals surface area contributed by atoms with Crippen molar-refractivity contribution >= 4 is 28.3 Å². The van der Waals surface area contributed by atoms with Crippen LogP contribution >= 0.6 is 0 Å². The van der Waals surface area contributed by atoms with Crippen molar-refractivity contribution in [2.24, 2.45) is 0 Å². The second kappa shape index (κ2) is 8.35. The monoisotopic (exact) mass is 435 g/mol. The average molecular weight is 436 g/mol. The van der Waals surface area contributed by atoms with Crippen LogP contribution in [-0.4, -0.2) is 53.1 Å². The van der Waals surface area contributed by atoms with Crippen LogP contribution in [0.2, 0.25) is 0 Å². The van der Waals surface area contributed by atoms with E-state index in [4.69, 9.17) is 0 Å². The molecule has 1 aromatic carbocycles. The molecule has 166 valence electrons. The van der Waals surface area contributed by atoms with Crippen molar-refractivity contribution in [2.45, 2.75) is 25.8 Å². The minimum absolute atomic E-state index is 0.00115. The number of piperazine rings is 1. The molecule has 7 nitrogen and oxygen atoms in total. The summed E-state index contributed by atoms with van der Waals surface area (Å²) < 4.78 is 17.1. The van der Waals surface area contributed by atoms with Gasteiger partial charge in [0, 0.05) is 50.0 Å².